The highest BCUT2D eigenvalue weighted by Gasteiger charge is 2.21. The second-order valence-corrected chi connectivity index (χ2v) is 2.50. The molecule has 0 aliphatic carbocycles. The Morgan fingerprint density at radius 2 is 2.14 bits per heavy atom. The Morgan fingerprint density at radius 3 is 2.64 bits per heavy atom. The second kappa shape index (κ2) is 4.74. The van der Waals surface area contributed by atoms with Gasteiger partial charge >= 0.3 is 5.97 Å². The number of azide groups is 1. The summed E-state index contributed by atoms with van der Waals surface area (Å²) in [6.45, 7) is 0. The molecular weight excluding hydrogens is 184 g/mol. The summed E-state index contributed by atoms with van der Waals surface area (Å²) in [6, 6.07) is 7.46. The van der Waals surface area contributed by atoms with Crippen LogP contribution in [0.1, 0.15) is 11.6 Å². The third-order valence-corrected chi connectivity index (χ3v) is 1.61. The van der Waals surface area contributed by atoms with Gasteiger partial charge in [-0.05, 0) is 5.22 Å². The van der Waals surface area contributed by atoms with Crippen LogP contribution in [0, 0.1) is 0 Å². The molecule has 1 aromatic carbocycles. The molecule has 0 saturated heterocycles. The number of carboxylic acid groups (broad SMARTS) is 1. The predicted octanol–water partition coefficient (Wildman–Crippen LogP) is 1.63. The number of nitrogens with zero attached hydrogens (tertiary/aromatic N) is 3. The zero-order valence-corrected chi connectivity index (χ0v) is 7.16. The van der Waals surface area contributed by atoms with Crippen LogP contribution in [0.15, 0.2) is 35.6 Å². The Bertz CT molecular complexity index is 359. The molecule has 0 amide bonds. The fourth-order valence-electron chi connectivity index (χ4n) is 1.00. The molecule has 0 bridgehead atoms. The monoisotopic (exact) mass is 192 g/mol. The van der Waals surface area contributed by atoms with Crippen molar-refractivity contribution in [2.45, 2.75) is 6.04 Å². The van der Waals surface area contributed by atoms with Crippen molar-refractivity contribution in [3.8, 4) is 0 Å². The van der Waals surface area contributed by atoms with E-state index in [1.807, 2.05) is 0 Å². The topological polar surface area (TPSA) is 98.1 Å². The van der Waals surface area contributed by atoms with Crippen LogP contribution < -0.4 is 5.43 Å². The molecule has 6 nitrogen and oxygen atoms in total. The van der Waals surface area contributed by atoms with Gasteiger partial charge in [0.25, 0.3) is 0 Å². The average Bonchev–Trinajstić information content (AvgIpc) is 2.19. The van der Waals surface area contributed by atoms with Crippen molar-refractivity contribution < 1.29 is 9.90 Å². The first kappa shape index (κ1) is 9.88. The van der Waals surface area contributed by atoms with Crippen LogP contribution in [-0.2, 0) is 4.79 Å². The van der Waals surface area contributed by atoms with Crippen LogP contribution in [0.5, 0.6) is 0 Å². The molecule has 0 aliphatic heterocycles. The van der Waals surface area contributed by atoms with Gasteiger partial charge in [0.2, 0.25) is 6.04 Å². The van der Waals surface area contributed by atoms with E-state index in [0.717, 1.165) is 0 Å². The number of aliphatic carboxylic acids is 1. The molecule has 1 unspecified atom stereocenters. The summed E-state index contributed by atoms with van der Waals surface area (Å²) in [5, 5.41) is 11.8. The number of hydrogen-bond donors (Lipinski definition) is 2. The summed E-state index contributed by atoms with van der Waals surface area (Å²) in [5.74, 6) is -1.09. The molecule has 6 heteroatoms. The van der Waals surface area contributed by atoms with Crippen LogP contribution in [0.2, 0.25) is 0 Å². The minimum atomic E-state index is -1.09. The molecule has 0 aliphatic rings. The highest BCUT2D eigenvalue weighted by atomic mass is 16.4. The SMILES string of the molecule is [N-]=[N+]=NNC(C(=O)O)c1ccccc1. The molecule has 0 saturated carbocycles. The smallest absolute Gasteiger partial charge is 0.353 e. The predicted molar refractivity (Wildman–Crippen MR) is 49.1 cm³/mol. The van der Waals surface area contributed by atoms with Crippen molar-refractivity contribution in [3.05, 3.63) is 46.3 Å². The lowest BCUT2D eigenvalue weighted by molar-refractivity contribution is -0.139. The number of benzene rings is 1. The standard InChI is InChI=1S/C8H8N4O2/c9-11-12-10-7(8(13)14)6-4-2-1-3-5-6/h1-5,7,10H,(H,13,14). The molecule has 0 radical (unpaired) electrons. The van der Waals surface area contributed by atoms with Gasteiger partial charge in [-0.3, -0.25) is 0 Å². The Balaban J connectivity index is 2.88. The summed E-state index contributed by atoms with van der Waals surface area (Å²) in [6.07, 6.45) is 0. The number of nitrogens with one attached hydrogen (secondary N) is 1. The van der Waals surface area contributed by atoms with Gasteiger partial charge in [-0.2, -0.15) is 4.91 Å². The van der Waals surface area contributed by atoms with E-state index in [-0.39, 0.29) is 0 Å². The van der Waals surface area contributed by atoms with Gasteiger partial charge in [0, 0.05) is 5.56 Å². The third-order valence-electron chi connectivity index (χ3n) is 1.61. The van der Waals surface area contributed by atoms with Crippen molar-refractivity contribution in [2.75, 3.05) is 0 Å². The maximum Gasteiger partial charge on any atom is 0.353 e. The van der Waals surface area contributed by atoms with E-state index in [1.54, 1.807) is 30.3 Å². The fourth-order valence-corrected chi connectivity index (χ4v) is 1.00. The van der Waals surface area contributed by atoms with Crippen molar-refractivity contribution in [1.29, 1.82) is 0 Å². The van der Waals surface area contributed by atoms with Gasteiger partial charge < -0.3 is 5.11 Å². The maximum atomic E-state index is 10.8. The lowest BCUT2D eigenvalue weighted by Gasteiger charge is -2.07. The molecule has 72 valence electrons. The lowest BCUT2D eigenvalue weighted by Crippen LogP contribution is -2.23. The van der Waals surface area contributed by atoms with Gasteiger partial charge in [-0.1, -0.05) is 30.3 Å². The van der Waals surface area contributed by atoms with E-state index in [9.17, 15) is 4.79 Å². The van der Waals surface area contributed by atoms with E-state index >= 15 is 0 Å². The van der Waals surface area contributed by atoms with Gasteiger partial charge in [0.15, 0.2) is 0 Å². The molecule has 1 rings (SSSR count). The second-order valence-electron chi connectivity index (χ2n) is 2.50. The molecule has 1 aromatic rings. The van der Waals surface area contributed by atoms with E-state index in [2.05, 4.69) is 15.6 Å². The fraction of sp³-hybridized carbons (Fsp3) is 0.125. The molecule has 0 aromatic heterocycles. The van der Waals surface area contributed by atoms with Gasteiger partial charge in [0.1, 0.15) is 0 Å². The molecule has 0 spiro atoms. The Hall–Kier alpha value is -2.20. The number of hydrogen-bond acceptors (Lipinski definition) is 2. The maximum absolute atomic E-state index is 10.8. The normalized spacial score (nSPS) is 11.1. The summed E-state index contributed by atoms with van der Waals surface area (Å²) in [5.41, 5.74) is 10.8. The summed E-state index contributed by atoms with van der Waals surface area (Å²) in [4.78, 5) is 13.2. The minimum absolute atomic E-state index is 0.535. The molecule has 14 heavy (non-hydrogen) atoms. The number of carbonyl (C=O) groups is 1. The quantitative estimate of drug-likeness (QED) is 0.328. The Labute approximate surface area is 79.8 Å². The first-order chi connectivity index (χ1) is 6.75. The molecular formula is C8H8N4O2. The highest BCUT2D eigenvalue weighted by Crippen LogP contribution is 2.12. The first-order valence-electron chi connectivity index (χ1n) is 3.83. The van der Waals surface area contributed by atoms with Crippen LogP contribution in [0.25, 0.3) is 10.4 Å². The van der Waals surface area contributed by atoms with E-state index < -0.39 is 12.0 Å². The Kier molecular flexibility index (Phi) is 3.34. The van der Waals surface area contributed by atoms with Crippen molar-refractivity contribution >= 4 is 5.97 Å². The number of rotatable bonds is 4. The van der Waals surface area contributed by atoms with Gasteiger partial charge in [0.05, 0.1) is 0 Å². The van der Waals surface area contributed by atoms with Crippen molar-refractivity contribution in [3.63, 3.8) is 0 Å². The summed E-state index contributed by atoms with van der Waals surface area (Å²) in [7, 11) is 0. The molecule has 1 atom stereocenters. The molecule has 2 N–H and O–H groups in total. The van der Waals surface area contributed by atoms with Crippen molar-refractivity contribution in [1.82, 2.24) is 5.43 Å². The van der Waals surface area contributed by atoms with Gasteiger partial charge in [-0.15, -0.1) is 5.53 Å². The van der Waals surface area contributed by atoms with Crippen molar-refractivity contribution in [2.24, 2.45) is 5.22 Å². The first-order valence-corrected chi connectivity index (χ1v) is 3.83. The Morgan fingerprint density at radius 1 is 1.50 bits per heavy atom. The number of carboxylic acids is 1. The van der Waals surface area contributed by atoms with Gasteiger partial charge in [-0.25, -0.2) is 10.2 Å². The van der Waals surface area contributed by atoms with Crippen LogP contribution in [0.3, 0.4) is 0 Å². The van der Waals surface area contributed by atoms with E-state index in [1.165, 1.54) is 0 Å². The lowest BCUT2D eigenvalue weighted by atomic mass is 10.1. The minimum Gasteiger partial charge on any atom is -0.478 e. The zero-order valence-electron chi connectivity index (χ0n) is 7.16. The van der Waals surface area contributed by atoms with Crippen LogP contribution >= 0.6 is 0 Å². The highest BCUT2D eigenvalue weighted by molar-refractivity contribution is 5.75. The third kappa shape index (κ3) is 2.40. The van der Waals surface area contributed by atoms with E-state index in [4.69, 9.17) is 10.6 Å². The molecule has 0 heterocycles. The largest absolute Gasteiger partial charge is 0.478 e. The zero-order chi connectivity index (χ0) is 10.4. The van der Waals surface area contributed by atoms with Crippen LogP contribution in [-0.4, -0.2) is 11.1 Å². The molecule has 0 fully saturated rings. The van der Waals surface area contributed by atoms with Crippen LogP contribution in [0.4, 0.5) is 0 Å². The summed E-state index contributed by atoms with van der Waals surface area (Å²) >= 11 is 0. The van der Waals surface area contributed by atoms with E-state index in [0.29, 0.717) is 5.56 Å². The average molecular weight is 192 g/mol. The summed E-state index contributed by atoms with van der Waals surface area (Å²) < 4.78 is 0.